The normalized spacial score (nSPS) is 11.2. The molecule has 0 unspecified atom stereocenters. The largest absolute Gasteiger partial charge is 0.506 e. The molecule has 74 heavy (non-hydrogen) atoms. The number of amides is 4. The van der Waals surface area contributed by atoms with Crippen LogP contribution in [0.5, 0.6) is 34.5 Å². The van der Waals surface area contributed by atoms with Gasteiger partial charge < -0.3 is 51.2 Å². The standard InChI is InChI=1S/C56H42N8O10/c1-73-45-25-21-33(53(69)57-35-15-5-3-6-16-35)29-42(45)61-63-47-37-19-11-9-13-31(37)27-39(50(47)66)55(71)59-41-23-24-44(65)49(52(41)68)60-56(72)40-28-32-14-10-12-20-38(32)48(51(40)67)64-62-43-30-34(22-26-46(43)74-2)54(70)58-36-17-7-4-8-18-36/h3-30,65-68H,1-2H3,(H,57,69)(H,58,70)(H,59,71)(H,60,72). The molecule has 0 saturated carbocycles. The van der Waals surface area contributed by atoms with Gasteiger partial charge in [-0.25, -0.2) is 0 Å². The average Bonchev–Trinajstić information content (AvgIpc) is 3.42. The predicted molar refractivity (Wildman–Crippen MR) is 280 cm³/mol. The number of nitrogens with one attached hydrogen (secondary N) is 4. The van der Waals surface area contributed by atoms with Crippen molar-refractivity contribution in [3.8, 4) is 34.5 Å². The number of nitrogens with zero attached hydrogens (tertiary/aromatic N) is 4. The molecule has 18 heteroatoms. The molecule has 0 saturated heterocycles. The zero-order chi connectivity index (χ0) is 51.9. The number of benzene rings is 9. The van der Waals surface area contributed by atoms with E-state index >= 15 is 0 Å². The summed E-state index contributed by atoms with van der Waals surface area (Å²) < 4.78 is 11.0. The Balaban J connectivity index is 0.986. The van der Waals surface area contributed by atoms with E-state index in [1.54, 1.807) is 115 Å². The Morgan fingerprint density at radius 3 is 1.31 bits per heavy atom. The minimum atomic E-state index is -1.00. The van der Waals surface area contributed by atoms with Crippen LogP contribution in [0.2, 0.25) is 0 Å². The van der Waals surface area contributed by atoms with Crippen molar-refractivity contribution in [2.75, 3.05) is 35.5 Å². The average molecular weight is 987 g/mol. The van der Waals surface area contributed by atoms with E-state index in [9.17, 15) is 39.6 Å². The zero-order valence-electron chi connectivity index (χ0n) is 39.2. The number of anilines is 4. The Bertz CT molecular complexity index is 3740. The second-order valence-electron chi connectivity index (χ2n) is 16.3. The van der Waals surface area contributed by atoms with Crippen LogP contribution in [0.15, 0.2) is 190 Å². The van der Waals surface area contributed by atoms with Crippen LogP contribution in [0.1, 0.15) is 41.4 Å². The molecule has 0 spiro atoms. The summed E-state index contributed by atoms with van der Waals surface area (Å²) in [5.41, 5.74) is 0.208. The summed E-state index contributed by atoms with van der Waals surface area (Å²) in [4.78, 5) is 54.4. The third kappa shape index (κ3) is 10.2. The highest BCUT2D eigenvalue weighted by Crippen LogP contribution is 2.45. The van der Waals surface area contributed by atoms with Crippen molar-refractivity contribution in [2.45, 2.75) is 0 Å². The number of azo groups is 2. The minimum Gasteiger partial charge on any atom is -0.506 e. The molecule has 0 heterocycles. The Morgan fingerprint density at radius 1 is 0.419 bits per heavy atom. The summed E-state index contributed by atoms with van der Waals surface area (Å²) in [5, 5.41) is 75.4. The van der Waals surface area contributed by atoms with Gasteiger partial charge in [0.2, 0.25) is 0 Å². The summed E-state index contributed by atoms with van der Waals surface area (Å²) in [6, 6.07) is 45.4. The number of phenols is 4. The summed E-state index contributed by atoms with van der Waals surface area (Å²) in [7, 11) is 2.83. The van der Waals surface area contributed by atoms with Crippen molar-refractivity contribution in [2.24, 2.45) is 20.5 Å². The second kappa shape index (κ2) is 21.2. The molecule has 9 rings (SSSR count). The van der Waals surface area contributed by atoms with Crippen LogP contribution >= 0.6 is 0 Å². The Labute approximate surface area is 420 Å². The first kappa shape index (κ1) is 48.4. The Morgan fingerprint density at radius 2 is 0.851 bits per heavy atom. The lowest BCUT2D eigenvalue weighted by Gasteiger charge is -2.16. The van der Waals surface area contributed by atoms with Gasteiger partial charge >= 0.3 is 0 Å². The number of carbonyl (C=O) groups is 4. The van der Waals surface area contributed by atoms with Gasteiger partial charge in [-0.15, -0.1) is 20.5 Å². The fourth-order valence-electron chi connectivity index (χ4n) is 7.83. The van der Waals surface area contributed by atoms with E-state index in [0.29, 0.717) is 32.9 Å². The van der Waals surface area contributed by atoms with Crippen LogP contribution < -0.4 is 30.7 Å². The number of fused-ring (bicyclic) bond motifs is 2. The fourth-order valence-corrected chi connectivity index (χ4v) is 7.83. The van der Waals surface area contributed by atoms with Gasteiger partial charge in [-0.3, -0.25) is 19.2 Å². The highest BCUT2D eigenvalue weighted by atomic mass is 16.5. The molecule has 0 bridgehead atoms. The van der Waals surface area contributed by atoms with Gasteiger partial charge in [0, 0.05) is 33.3 Å². The van der Waals surface area contributed by atoms with E-state index in [-0.39, 0.29) is 62.2 Å². The van der Waals surface area contributed by atoms with Gasteiger partial charge in [0.25, 0.3) is 23.6 Å². The van der Waals surface area contributed by atoms with Crippen LogP contribution in [0.25, 0.3) is 21.5 Å². The highest BCUT2D eigenvalue weighted by molar-refractivity contribution is 6.15. The number of aromatic hydroxyl groups is 4. The maximum Gasteiger partial charge on any atom is 0.259 e. The second-order valence-corrected chi connectivity index (χ2v) is 16.3. The molecule has 0 aliphatic rings. The molecule has 9 aromatic carbocycles. The predicted octanol–water partition coefficient (Wildman–Crippen LogP) is 12.7. The van der Waals surface area contributed by atoms with Crippen LogP contribution in [0, 0.1) is 0 Å². The molecular formula is C56H42N8O10. The van der Waals surface area contributed by atoms with Gasteiger partial charge in [0.1, 0.15) is 45.7 Å². The van der Waals surface area contributed by atoms with Gasteiger partial charge in [-0.2, -0.15) is 0 Å². The zero-order valence-corrected chi connectivity index (χ0v) is 39.2. The molecule has 0 fully saturated rings. The molecule has 18 nitrogen and oxygen atoms in total. The lowest BCUT2D eigenvalue weighted by Crippen LogP contribution is -2.15. The molecular weight excluding hydrogens is 945 g/mol. The summed E-state index contributed by atoms with van der Waals surface area (Å²) in [6.07, 6.45) is 0. The third-order valence-electron chi connectivity index (χ3n) is 11.6. The van der Waals surface area contributed by atoms with Crippen molar-refractivity contribution >= 4 is 90.7 Å². The Kier molecular flexibility index (Phi) is 13.8. The first-order valence-corrected chi connectivity index (χ1v) is 22.5. The molecule has 8 N–H and O–H groups in total. The van der Waals surface area contributed by atoms with Gasteiger partial charge in [-0.05, 0) is 95.7 Å². The monoisotopic (exact) mass is 986 g/mol. The summed E-state index contributed by atoms with van der Waals surface area (Å²) in [6.45, 7) is 0. The molecule has 0 atom stereocenters. The maximum atomic E-state index is 14.1. The summed E-state index contributed by atoms with van der Waals surface area (Å²) >= 11 is 0. The number of ether oxygens (including phenoxy) is 2. The van der Waals surface area contributed by atoms with Crippen molar-refractivity contribution in [3.05, 3.63) is 192 Å². The maximum absolute atomic E-state index is 14.1. The molecule has 0 aromatic heterocycles. The van der Waals surface area contributed by atoms with Gasteiger partial charge in [0.15, 0.2) is 17.2 Å². The molecule has 0 aliphatic heterocycles. The van der Waals surface area contributed by atoms with Crippen molar-refractivity contribution < 1.29 is 49.1 Å². The molecule has 0 aliphatic carbocycles. The van der Waals surface area contributed by atoms with Crippen molar-refractivity contribution in [1.29, 1.82) is 0 Å². The first-order chi connectivity index (χ1) is 35.9. The summed E-state index contributed by atoms with van der Waals surface area (Å²) in [5.74, 6) is -4.85. The smallest absolute Gasteiger partial charge is 0.259 e. The highest BCUT2D eigenvalue weighted by Gasteiger charge is 2.25. The van der Waals surface area contributed by atoms with Gasteiger partial charge in [0.05, 0.1) is 31.0 Å². The number of hydrogen-bond donors (Lipinski definition) is 8. The SMILES string of the molecule is COc1ccc(C(=O)Nc2ccccc2)cc1N=Nc1c(O)c(C(=O)Nc2ccc(O)c(NC(=O)c3cc4ccccc4c(N=Nc4cc(C(=O)Nc5ccccc5)ccc4OC)c3O)c2O)cc2ccccc12. The first-order valence-electron chi connectivity index (χ1n) is 22.5. The van der Waals surface area contributed by atoms with Crippen LogP contribution in [-0.4, -0.2) is 58.3 Å². The number of para-hydroxylation sites is 2. The quantitative estimate of drug-likeness (QED) is 0.0290. The van der Waals surface area contributed by atoms with Crippen molar-refractivity contribution in [3.63, 3.8) is 0 Å². The van der Waals surface area contributed by atoms with E-state index < -0.39 is 52.3 Å². The van der Waals surface area contributed by atoms with Gasteiger partial charge in [-0.1, -0.05) is 84.9 Å². The Hall–Kier alpha value is -10.6. The topological polar surface area (TPSA) is 265 Å². The van der Waals surface area contributed by atoms with E-state index in [4.69, 9.17) is 9.47 Å². The lowest BCUT2D eigenvalue weighted by molar-refractivity contribution is 0.101. The van der Waals surface area contributed by atoms with E-state index in [1.807, 2.05) is 12.1 Å². The molecule has 0 radical (unpaired) electrons. The van der Waals surface area contributed by atoms with E-state index in [1.165, 1.54) is 50.6 Å². The third-order valence-corrected chi connectivity index (χ3v) is 11.6. The number of methoxy groups -OCH3 is 2. The fraction of sp³-hybridized carbons (Fsp3) is 0.0357. The number of rotatable bonds is 14. The van der Waals surface area contributed by atoms with Crippen LogP contribution in [0.4, 0.5) is 45.5 Å². The number of phenolic OH excluding ortho intramolecular Hbond substituents is 4. The van der Waals surface area contributed by atoms with Crippen LogP contribution in [-0.2, 0) is 0 Å². The molecule has 4 amide bonds. The molecule has 366 valence electrons. The van der Waals surface area contributed by atoms with E-state index in [0.717, 1.165) is 6.07 Å². The minimum absolute atomic E-state index is 0.106. The van der Waals surface area contributed by atoms with Crippen LogP contribution in [0.3, 0.4) is 0 Å². The lowest BCUT2D eigenvalue weighted by atomic mass is 10.0. The molecule has 9 aromatic rings. The van der Waals surface area contributed by atoms with Crippen molar-refractivity contribution in [1.82, 2.24) is 0 Å². The number of hydrogen-bond acceptors (Lipinski definition) is 14. The number of carbonyl (C=O) groups excluding carboxylic acids is 4. The van der Waals surface area contributed by atoms with E-state index in [2.05, 4.69) is 41.7 Å².